The maximum atomic E-state index is 5.77. The summed E-state index contributed by atoms with van der Waals surface area (Å²) in [7, 11) is 0. The summed E-state index contributed by atoms with van der Waals surface area (Å²) in [5.41, 5.74) is 3.44. The zero-order chi connectivity index (χ0) is 15.6. The molecule has 0 bridgehead atoms. The quantitative estimate of drug-likeness (QED) is 0.880. The number of thiol groups is 1. The third kappa shape index (κ3) is 3.28. The van der Waals surface area contributed by atoms with Crippen LogP contribution in [0, 0.1) is 0 Å². The Morgan fingerprint density at radius 2 is 2.22 bits per heavy atom. The second-order valence-corrected chi connectivity index (χ2v) is 6.58. The van der Waals surface area contributed by atoms with E-state index in [1.54, 1.807) is 0 Å². The lowest BCUT2D eigenvalue weighted by molar-refractivity contribution is -0.0398. The monoisotopic (exact) mass is 328 g/mol. The first-order valence-corrected chi connectivity index (χ1v) is 8.49. The minimum atomic E-state index is 0.0943. The fourth-order valence-corrected chi connectivity index (χ4v) is 3.28. The molecule has 1 atom stereocenters. The van der Waals surface area contributed by atoms with Crippen LogP contribution in [0.1, 0.15) is 42.3 Å². The van der Waals surface area contributed by atoms with Crippen LogP contribution >= 0.6 is 12.6 Å². The van der Waals surface area contributed by atoms with E-state index >= 15 is 0 Å². The van der Waals surface area contributed by atoms with E-state index in [0.29, 0.717) is 6.54 Å². The van der Waals surface area contributed by atoms with Crippen molar-refractivity contribution in [3.05, 3.63) is 47.3 Å². The Balaban J connectivity index is 1.43. The summed E-state index contributed by atoms with van der Waals surface area (Å²) in [6.07, 6.45) is 7.42. The summed E-state index contributed by atoms with van der Waals surface area (Å²) in [5.74, 6) is 0. The summed E-state index contributed by atoms with van der Waals surface area (Å²) in [6, 6.07) is 8.24. The molecule has 0 saturated carbocycles. The molecule has 2 aliphatic rings. The van der Waals surface area contributed by atoms with Gasteiger partial charge in [-0.2, -0.15) is 10.2 Å². The van der Waals surface area contributed by atoms with Crippen LogP contribution in [0.4, 0.5) is 0 Å². The van der Waals surface area contributed by atoms with Crippen LogP contribution in [-0.2, 0) is 17.8 Å². The van der Waals surface area contributed by atoms with Crippen molar-refractivity contribution in [2.45, 2.75) is 43.5 Å². The van der Waals surface area contributed by atoms with Crippen LogP contribution < -0.4 is 0 Å². The molecule has 0 spiro atoms. The third-order valence-electron chi connectivity index (χ3n) is 4.30. The van der Waals surface area contributed by atoms with Gasteiger partial charge in [-0.05, 0) is 43.0 Å². The molecule has 120 valence electrons. The predicted molar refractivity (Wildman–Crippen MR) is 91.6 cm³/mol. The summed E-state index contributed by atoms with van der Waals surface area (Å²) in [4.78, 5) is 0.967. The van der Waals surface area contributed by atoms with Crippen LogP contribution in [0.25, 0.3) is 0 Å². The van der Waals surface area contributed by atoms with Crippen molar-refractivity contribution in [3.63, 3.8) is 0 Å². The summed E-state index contributed by atoms with van der Waals surface area (Å²) < 4.78 is 7.72. The van der Waals surface area contributed by atoms with Crippen LogP contribution in [-0.4, -0.2) is 27.6 Å². The minimum Gasteiger partial charge on any atom is -0.357 e. The number of rotatable bonds is 3. The van der Waals surface area contributed by atoms with Gasteiger partial charge in [-0.15, -0.1) is 12.6 Å². The Bertz CT molecular complexity index is 721. The Morgan fingerprint density at radius 3 is 3.09 bits per heavy atom. The highest BCUT2D eigenvalue weighted by Gasteiger charge is 2.18. The molecule has 2 aromatic rings. The molecule has 1 saturated heterocycles. The van der Waals surface area contributed by atoms with Gasteiger partial charge in [0.05, 0.1) is 25.0 Å². The number of benzene rings is 1. The first-order chi connectivity index (χ1) is 11.3. The van der Waals surface area contributed by atoms with Crippen molar-refractivity contribution < 1.29 is 4.74 Å². The van der Waals surface area contributed by atoms with Crippen molar-refractivity contribution >= 4 is 18.8 Å². The van der Waals surface area contributed by atoms with Crippen molar-refractivity contribution in [2.24, 2.45) is 5.10 Å². The van der Waals surface area contributed by atoms with Gasteiger partial charge in [0.25, 0.3) is 0 Å². The molecule has 1 aromatic carbocycles. The van der Waals surface area contributed by atoms with E-state index in [9.17, 15) is 0 Å². The van der Waals surface area contributed by atoms with Gasteiger partial charge in [0.15, 0.2) is 0 Å². The molecule has 23 heavy (non-hydrogen) atoms. The van der Waals surface area contributed by atoms with E-state index in [4.69, 9.17) is 4.74 Å². The smallest absolute Gasteiger partial charge is 0.150 e. The third-order valence-corrected chi connectivity index (χ3v) is 4.58. The second kappa shape index (κ2) is 6.37. The van der Waals surface area contributed by atoms with Gasteiger partial charge in [0, 0.05) is 23.3 Å². The number of aromatic nitrogens is 2. The molecule has 5 nitrogen and oxygen atoms in total. The molecular weight excluding hydrogens is 308 g/mol. The van der Waals surface area contributed by atoms with E-state index in [0.717, 1.165) is 42.1 Å². The fourth-order valence-electron chi connectivity index (χ4n) is 3.07. The summed E-state index contributed by atoms with van der Waals surface area (Å²) in [6.45, 7) is 2.34. The number of fused-ring (bicyclic) bond motifs is 1. The maximum Gasteiger partial charge on any atom is 0.150 e. The SMILES string of the molecule is Sc1ccc2c(c1)C=NN(Cc1ccn(C3CCCCO3)n1)C2. The lowest BCUT2D eigenvalue weighted by Crippen LogP contribution is -2.22. The first kappa shape index (κ1) is 14.8. The molecule has 1 aromatic heterocycles. The molecule has 0 amide bonds. The van der Waals surface area contributed by atoms with Gasteiger partial charge in [0.1, 0.15) is 6.23 Å². The molecule has 3 heterocycles. The van der Waals surface area contributed by atoms with Gasteiger partial charge >= 0.3 is 0 Å². The standard InChI is InChI=1S/C17H20N4OS/c23-16-5-4-13-11-20(18-10-14(13)9-16)12-15-6-7-21(19-15)17-3-1-2-8-22-17/h4-7,9-10,17,23H,1-3,8,11-12H2. The van der Waals surface area contributed by atoms with Crippen molar-refractivity contribution in [1.29, 1.82) is 0 Å². The number of hydrogen-bond acceptors (Lipinski definition) is 5. The molecule has 1 fully saturated rings. The molecule has 6 heteroatoms. The number of nitrogens with zero attached hydrogens (tertiary/aromatic N) is 4. The zero-order valence-electron chi connectivity index (χ0n) is 12.9. The molecule has 2 aliphatic heterocycles. The Kier molecular flexibility index (Phi) is 4.10. The van der Waals surface area contributed by atoms with E-state index < -0.39 is 0 Å². The highest BCUT2D eigenvalue weighted by molar-refractivity contribution is 7.80. The van der Waals surface area contributed by atoms with Crippen LogP contribution in [0.15, 0.2) is 40.5 Å². The topological polar surface area (TPSA) is 42.7 Å². The average molecular weight is 328 g/mol. The van der Waals surface area contributed by atoms with Crippen LogP contribution in [0.3, 0.4) is 0 Å². The van der Waals surface area contributed by atoms with Gasteiger partial charge in [-0.25, -0.2) is 4.68 Å². The highest BCUT2D eigenvalue weighted by Crippen LogP contribution is 2.23. The van der Waals surface area contributed by atoms with E-state index in [1.807, 2.05) is 28.2 Å². The fraction of sp³-hybridized carbons (Fsp3) is 0.412. The predicted octanol–water partition coefficient (Wildman–Crippen LogP) is 3.22. The van der Waals surface area contributed by atoms with E-state index in [1.165, 1.54) is 12.0 Å². The molecular formula is C17H20N4OS. The lowest BCUT2D eigenvalue weighted by atomic mass is 10.1. The molecule has 1 unspecified atom stereocenters. The molecule has 4 rings (SSSR count). The second-order valence-electron chi connectivity index (χ2n) is 6.06. The summed E-state index contributed by atoms with van der Waals surface area (Å²) in [5, 5.41) is 11.2. The number of hydrogen-bond donors (Lipinski definition) is 1. The number of hydrazone groups is 1. The van der Waals surface area contributed by atoms with Crippen LogP contribution in [0.2, 0.25) is 0 Å². The molecule has 0 radical (unpaired) electrons. The zero-order valence-corrected chi connectivity index (χ0v) is 13.8. The first-order valence-electron chi connectivity index (χ1n) is 8.04. The van der Waals surface area contributed by atoms with E-state index in [2.05, 4.69) is 41.0 Å². The number of ether oxygens (including phenoxy) is 1. The minimum absolute atomic E-state index is 0.0943. The highest BCUT2D eigenvalue weighted by atomic mass is 32.1. The Hall–Kier alpha value is -1.79. The Labute approximate surface area is 141 Å². The average Bonchev–Trinajstić information content (AvgIpc) is 3.04. The maximum absolute atomic E-state index is 5.77. The summed E-state index contributed by atoms with van der Waals surface area (Å²) >= 11 is 4.37. The normalized spacial score (nSPS) is 20.6. The van der Waals surface area contributed by atoms with Crippen molar-refractivity contribution in [1.82, 2.24) is 14.8 Å². The van der Waals surface area contributed by atoms with E-state index in [-0.39, 0.29) is 6.23 Å². The molecule has 0 aliphatic carbocycles. The Morgan fingerprint density at radius 1 is 1.26 bits per heavy atom. The van der Waals surface area contributed by atoms with Gasteiger partial charge in [-0.3, -0.25) is 5.01 Å². The van der Waals surface area contributed by atoms with Gasteiger partial charge in [0.2, 0.25) is 0 Å². The van der Waals surface area contributed by atoms with Crippen molar-refractivity contribution in [2.75, 3.05) is 6.61 Å². The van der Waals surface area contributed by atoms with Gasteiger partial charge < -0.3 is 4.74 Å². The lowest BCUT2D eigenvalue weighted by Gasteiger charge is -2.24. The molecule has 0 N–H and O–H groups in total. The largest absolute Gasteiger partial charge is 0.357 e. The van der Waals surface area contributed by atoms with Crippen molar-refractivity contribution in [3.8, 4) is 0 Å². The van der Waals surface area contributed by atoms with Gasteiger partial charge in [-0.1, -0.05) is 6.07 Å². The van der Waals surface area contributed by atoms with Crippen LogP contribution in [0.5, 0.6) is 0 Å².